The third kappa shape index (κ3) is 13.1. The van der Waals surface area contributed by atoms with Crippen LogP contribution in [0.3, 0.4) is 0 Å². The molecule has 13 nitrogen and oxygen atoms in total. The van der Waals surface area contributed by atoms with Crippen LogP contribution in [0.25, 0.3) is 11.1 Å². The van der Waals surface area contributed by atoms with E-state index in [4.69, 9.17) is 16.2 Å². The smallest absolute Gasteiger partial charge is 0.306 e. The molecule has 4 amide bonds. The third-order valence-electron chi connectivity index (χ3n) is 9.38. The lowest BCUT2D eigenvalue weighted by Crippen LogP contribution is -2.54. The maximum atomic E-state index is 15.2. The number of nitrogens with zero attached hydrogens (tertiary/aromatic N) is 2. The van der Waals surface area contributed by atoms with Crippen LogP contribution in [0.1, 0.15) is 69.3 Å². The van der Waals surface area contributed by atoms with Crippen LogP contribution in [-0.4, -0.2) is 76.0 Å². The normalized spacial score (nSPS) is 12.9. The molecule has 310 valence electrons. The number of benzene rings is 3. The number of nitrogens with two attached hydrogens (primary N) is 2. The first kappa shape index (κ1) is 44.8. The topological polar surface area (TPSA) is 199 Å². The van der Waals surface area contributed by atoms with Crippen LogP contribution in [0.2, 0.25) is 0 Å². The largest absolute Gasteiger partial charge is 0.461 e. The highest BCUT2D eigenvalue weighted by molar-refractivity contribution is 5.92. The fourth-order valence-corrected chi connectivity index (χ4v) is 6.60. The molecule has 3 aromatic carbocycles. The van der Waals surface area contributed by atoms with Crippen molar-refractivity contribution in [2.24, 2.45) is 16.9 Å². The molecule has 7 N–H and O–H groups in total. The number of aliphatic hydroxyl groups is 1. The van der Waals surface area contributed by atoms with Crippen LogP contribution < -0.4 is 22.1 Å². The molecule has 0 radical (unpaired) electrons. The van der Waals surface area contributed by atoms with Gasteiger partial charge in [-0.05, 0) is 53.6 Å². The Morgan fingerprint density at radius 3 is 2.19 bits per heavy atom. The first-order valence-corrected chi connectivity index (χ1v) is 19.0. The molecule has 0 fully saturated rings. The van der Waals surface area contributed by atoms with Crippen LogP contribution >= 0.6 is 0 Å². The van der Waals surface area contributed by atoms with Gasteiger partial charge in [0, 0.05) is 49.1 Å². The summed E-state index contributed by atoms with van der Waals surface area (Å²) in [5.41, 5.74) is 13.0. The van der Waals surface area contributed by atoms with Crippen molar-refractivity contribution >= 4 is 29.6 Å². The van der Waals surface area contributed by atoms with Crippen molar-refractivity contribution in [3.05, 3.63) is 120 Å². The number of amides is 4. The van der Waals surface area contributed by atoms with Crippen LogP contribution in [0, 0.1) is 17.0 Å². The number of esters is 1. The van der Waals surface area contributed by atoms with E-state index in [1.807, 2.05) is 86.0 Å². The molecule has 58 heavy (non-hydrogen) atoms. The van der Waals surface area contributed by atoms with Gasteiger partial charge in [-0.25, -0.2) is 8.78 Å². The molecule has 0 bridgehead atoms. The number of rotatable bonds is 20. The number of carbonyl (C=O) groups is 5. The van der Waals surface area contributed by atoms with Crippen LogP contribution in [0.4, 0.5) is 8.78 Å². The van der Waals surface area contributed by atoms with Gasteiger partial charge < -0.3 is 41.4 Å². The fraction of sp³-hybridized carbons (Fsp3) is 0.372. The van der Waals surface area contributed by atoms with Crippen molar-refractivity contribution in [1.29, 1.82) is 0 Å². The van der Waals surface area contributed by atoms with Gasteiger partial charge in [0.05, 0.1) is 18.5 Å². The first-order valence-electron chi connectivity index (χ1n) is 19.0. The monoisotopic (exact) mass is 802 g/mol. The second-order valence-corrected chi connectivity index (χ2v) is 15.1. The number of hydrogen-bond acceptors (Lipinski definition) is 8. The number of primary amides is 1. The van der Waals surface area contributed by atoms with Gasteiger partial charge in [-0.15, -0.1) is 0 Å². The lowest BCUT2D eigenvalue weighted by molar-refractivity contribution is -0.145. The van der Waals surface area contributed by atoms with E-state index in [2.05, 4.69) is 10.6 Å². The van der Waals surface area contributed by atoms with Gasteiger partial charge in [-0.3, -0.25) is 24.0 Å². The van der Waals surface area contributed by atoms with Gasteiger partial charge in [-0.2, -0.15) is 0 Å². The summed E-state index contributed by atoms with van der Waals surface area (Å²) in [4.78, 5) is 65.7. The Morgan fingerprint density at radius 2 is 1.57 bits per heavy atom. The highest BCUT2D eigenvalue weighted by Gasteiger charge is 2.38. The minimum absolute atomic E-state index is 0.00378. The molecule has 0 saturated heterocycles. The van der Waals surface area contributed by atoms with E-state index in [1.165, 1.54) is 4.90 Å². The summed E-state index contributed by atoms with van der Waals surface area (Å²) in [5, 5.41) is 15.5. The summed E-state index contributed by atoms with van der Waals surface area (Å²) in [6.45, 7) is 4.96. The van der Waals surface area contributed by atoms with Crippen molar-refractivity contribution < 1.29 is 42.6 Å². The molecule has 0 aliphatic rings. The van der Waals surface area contributed by atoms with Gasteiger partial charge in [0.2, 0.25) is 23.6 Å². The van der Waals surface area contributed by atoms with E-state index in [9.17, 15) is 33.5 Å². The second-order valence-electron chi connectivity index (χ2n) is 15.1. The first-order chi connectivity index (χ1) is 27.6. The van der Waals surface area contributed by atoms with Crippen LogP contribution in [0.5, 0.6) is 0 Å². The molecule has 0 unspecified atom stereocenters. The van der Waals surface area contributed by atoms with Gasteiger partial charge in [0.1, 0.15) is 30.9 Å². The van der Waals surface area contributed by atoms with Gasteiger partial charge in [0.25, 0.3) is 0 Å². The summed E-state index contributed by atoms with van der Waals surface area (Å²) >= 11 is 0. The quantitative estimate of drug-likeness (QED) is 0.0650. The summed E-state index contributed by atoms with van der Waals surface area (Å²) in [6.07, 6.45) is 1.23. The van der Waals surface area contributed by atoms with Crippen LogP contribution in [0.15, 0.2) is 91.1 Å². The Labute approximate surface area is 336 Å². The molecule has 0 aliphatic carbocycles. The summed E-state index contributed by atoms with van der Waals surface area (Å²) < 4.78 is 36.7. The van der Waals surface area contributed by atoms with Gasteiger partial charge in [0.15, 0.2) is 0 Å². The minimum Gasteiger partial charge on any atom is -0.461 e. The molecule has 4 aromatic rings. The maximum absolute atomic E-state index is 15.2. The summed E-state index contributed by atoms with van der Waals surface area (Å²) in [5.74, 6) is -4.77. The Kier molecular flexibility index (Phi) is 16.2. The zero-order valence-electron chi connectivity index (χ0n) is 33.0. The molecule has 3 atom stereocenters. The molecule has 0 aliphatic heterocycles. The minimum atomic E-state index is -1.37. The molecular formula is C43H52F2N6O7. The number of ether oxygens (including phenoxy) is 1. The average Bonchev–Trinajstić information content (AvgIpc) is 3.59. The Bertz CT molecular complexity index is 2020. The molecule has 15 heteroatoms. The van der Waals surface area contributed by atoms with E-state index in [-0.39, 0.29) is 44.5 Å². The number of hydrogen-bond donors (Lipinski definition) is 5. The Hall–Kier alpha value is -5.93. The third-order valence-corrected chi connectivity index (χ3v) is 9.38. The number of aliphatic hydroxyl groups excluding tert-OH is 1. The molecule has 1 aromatic heterocycles. The van der Waals surface area contributed by atoms with Crippen molar-refractivity contribution in [2.75, 3.05) is 19.7 Å². The van der Waals surface area contributed by atoms with E-state index in [0.717, 1.165) is 29.3 Å². The highest BCUT2D eigenvalue weighted by Crippen LogP contribution is 2.41. The van der Waals surface area contributed by atoms with E-state index >= 15 is 4.39 Å². The van der Waals surface area contributed by atoms with Crippen molar-refractivity contribution in [3.8, 4) is 11.1 Å². The Balaban J connectivity index is 1.62. The number of aromatic nitrogens is 1. The lowest BCUT2D eigenvalue weighted by Gasteiger charge is -2.41. The SMILES string of the molecule is CC(C)(C)[C@H](c1cc(-c2cc(F)ccc2F)cn1Cc1ccccc1)N(CC[C@H](NC(=O)[C@@H](N)CC(N)=O)C(=O)NCCCC(=O)OCc1ccccc1)C(=O)CO. The second kappa shape index (κ2) is 21.0. The number of nitrogens with one attached hydrogen (secondary N) is 2. The van der Waals surface area contributed by atoms with Crippen molar-refractivity contribution in [1.82, 2.24) is 20.1 Å². The van der Waals surface area contributed by atoms with Crippen molar-refractivity contribution in [3.63, 3.8) is 0 Å². The van der Waals surface area contributed by atoms with E-state index in [0.29, 0.717) is 17.8 Å². The molecule has 0 saturated carbocycles. The van der Waals surface area contributed by atoms with Gasteiger partial charge in [-0.1, -0.05) is 81.4 Å². The number of halogens is 2. The highest BCUT2D eigenvalue weighted by atomic mass is 19.1. The van der Waals surface area contributed by atoms with Gasteiger partial charge >= 0.3 is 5.97 Å². The summed E-state index contributed by atoms with van der Waals surface area (Å²) in [7, 11) is 0. The maximum Gasteiger partial charge on any atom is 0.306 e. The van der Waals surface area contributed by atoms with E-state index in [1.54, 1.807) is 12.3 Å². The average molecular weight is 803 g/mol. The fourth-order valence-electron chi connectivity index (χ4n) is 6.60. The summed E-state index contributed by atoms with van der Waals surface area (Å²) in [6, 6.07) is 19.9. The molecular weight excluding hydrogens is 751 g/mol. The Morgan fingerprint density at radius 1 is 0.914 bits per heavy atom. The zero-order chi connectivity index (χ0) is 42.4. The molecule has 1 heterocycles. The standard InChI is InChI=1S/C43H52F2N6O7/c1-43(2,3)40(36-21-30(32-22-31(44)16-17-33(32)45)25-50(36)24-28-11-6-4-7-12-28)51(38(54)26-52)20-18-35(49-41(56)34(46)23-37(47)53)42(57)48-19-10-15-39(55)58-27-29-13-8-5-9-14-29/h4-9,11-14,16-17,21-22,25,34-35,40,52H,10,15,18-20,23-24,26-27,46H2,1-3H3,(H2,47,53)(H,48,57)(H,49,56)/t34-,35-,40-/m0/s1. The van der Waals surface area contributed by atoms with Crippen molar-refractivity contribution in [2.45, 2.75) is 77.7 Å². The number of carbonyl (C=O) groups excluding carboxylic acids is 5. The predicted molar refractivity (Wildman–Crippen MR) is 213 cm³/mol. The lowest BCUT2D eigenvalue weighted by atomic mass is 9.82. The zero-order valence-corrected chi connectivity index (χ0v) is 33.0. The molecule has 0 spiro atoms. The predicted octanol–water partition coefficient (Wildman–Crippen LogP) is 4.11. The van der Waals surface area contributed by atoms with E-state index < -0.39 is 77.8 Å². The van der Waals surface area contributed by atoms with Crippen LogP contribution in [-0.2, 0) is 41.9 Å². The molecule has 4 rings (SSSR count).